The van der Waals surface area contributed by atoms with Crippen LogP contribution < -0.4 is 14.4 Å². The van der Waals surface area contributed by atoms with Crippen molar-refractivity contribution in [1.29, 1.82) is 0 Å². The van der Waals surface area contributed by atoms with Crippen LogP contribution in [0.25, 0.3) is 0 Å². The van der Waals surface area contributed by atoms with Gasteiger partial charge in [-0.3, -0.25) is 4.98 Å². The summed E-state index contributed by atoms with van der Waals surface area (Å²) in [5.41, 5.74) is 2.11. The van der Waals surface area contributed by atoms with Crippen LogP contribution in [0.2, 0.25) is 0 Å². The number of pyridine rings is 1. The van der Waals surface area contributed by atoms with Crippen LogP contribution in [0.15, 0.2) is 109 Å². The van der Waals surface area contributed by atoms with Crippen molar-refractivity contribution in [3.05, 3.63) is 121 Å². The molecule has 0 spiro atoms. The Kier molecular flexibility index (Phi) is 6.85. The van der Waals surface area contributed by atoms with Crippen molar-refractivity contribution in [3.63, 3.8) is 0 Å². The van der Waals surface area contributed by atoms with Crippen molar-refractivity contribution in [1.82, 2.24) is 4.98 Å². The maximum Gasteiger partial charge on any atom is 0.589 e. The molecule has 162 valence electrons. The fraction of sp³-hybridized carbons (Fsp3) is 0.0800. The number of phosphoric acid groups is 1. The maximum absolute atomic E-state index is 13.9. The van der Waals surface area contributed by atoms with E-state index in [9.17, 15) is 4.57 Å². The average Bonchev–Trinajstić information content (AvgIpc) is 2.80. The molecule has 0 saturated heterocycles. The predicted molar refractivity (Wildman–Crippen MR) is 125 cm³/mol. The van der Waals surface area contributed by atoms with Gasteiger partial charge in [-0.1, -0.05) is 60.7 Å². The van der Waals surface area contributed by atoms with E-state index in [1.807, 2.05) is 61.5 Å². The molecule has 1 unspecified atom stereocenters. The summed E-state index contributed by atoms with van der Waals surface area (Å²) in [4.78, 5) is 4.55. The Morgan fingerprint density at radius 1 is 0.719 bits per heavy atom. The number of aromatic nitrogens is 1. The van der Waals surface area contributed by atoms with Gasteiger partial charge in [-0.15, -0.1) is 0 Å². The lowest BCUT2D eigenvalue weighted by molar-refractivity contribution is 0.158. The zero-order valence-electron chi connectivity index (χ0n) is 17.5. The van der Waals surface area contributed by atoms with E-state index in [1.54, 1.807) is 54.6 Å². The van der Waals surface area contributed by atoms with Crippen LogP contribution in [0, 0.1) is 6.92 Å². The summed E-state index contributed by atoms with van der Waals surface area (Å²) in [6.07, 6.45) is -0.893. The monoisotopic (exact) mass is 446 g/mol. The smallest absolute Gasteiger partial charge is 0.395 e. The molecule has 6 nitrogen and oxygen atoms in total. The molecule has 0 bridgehead atoms. The lowest BCUT2D eigenvalue weighted by Gasteiger charge is -2.25. The molecule has 3 aromatic carbocycles. The highest BCUT2D eigenvalue weighted by molar-refractivity contribution is 7.49. The van der Waals surface area contributed by atoms with Crippen molar-refractivity contribution in [2.75, 3.05) is 5.32 Å². The van der Waals surface area contributed by atoms with Crippen LogP contribution in [0.5, 0.6) is 11.5 Å². The number of para-hydroxylation sites is 3. The largest absolute Gasteiger partial charge is 0.589 e. The third-order valence-corrected chi connectivity index (χ3v) is 5.74. The van der Waals surface area contributed by atoms with Gasteiger partial charge in [0.25, 0.3) is 0 Å². The highest BCUT2D eigenvalue weighted by Crippen LogP contribution is 2.52. The molecule has 0 aliphatic heterocycles. The highest BCUT2D eigenvalue weighted by atomic mass is 31.2. The molecule has 1 aromatic heterocycles. The Morgan fingerprint density at radius 3 is 1.78 bits per heavy atom. The Labute approximate surface area is 187 Å². The van der Waals surface area contributed by atoms with Gasteiger partial charge < -0.3 is 14.4 Å². The molecule has 0 radical (unpaired) electrons. The summed E-state index contributed by atoms with van der Waals surface area (Å²) in [6.45, 7) is 1.88. The molecule has 1 atom stereocenters. The summed E-state index contributed by atoms with van der Waals surface area (Å²) in [6, 6.07) is 32.6. The van der Waals surface area contributed by atoms with Crippen LogP contribution >= 0.6 is 7.82 Å². The summed E-state index contributed by atoms with van der Waals surface area (Å²) in [5.74, 6) is 0.727. The molecule has 0 saturated carbocycles. The van der Waals surface area contributed by atoms with E-state index in [-0.39, 0.29) is 0 Å². The van der Waals surface area contributed by atoms with Gasteiger partial charge >= 0.3 is 7.82 Å². The van der Waals surface area contributed by atoms with E-state index in [1.165, 1.54) is 0 Å². The van der Waals surface area contributed by atoms with E-state index in [4.69, 9.17) is 13.6 Å². The molecule has 0 fully saturated rings. The van der Waals surface area contributed by atoms with Crippen molar-refractivity contribution >= 4 is 13.5 Å². The van der Waals surface area contributed by atoms with Crippen molar-refractivity contribution in [2.45, 2.75) is 13.2 Å². The van der Waals surface area contributed by atoms with Crippen molar-refractivity contribution in [2.24, 2.45) is 0 Å². The standard InChI is InChI=1S/C25H23N2O4P/c1-20-12-11-19-24(26-20)25(27-21-13-5-2-6-14-21)31-32(28,29-22-15-7-3-8-16-22)30-23-17-9-4-10-18-23/h2-19,25,27H,1H3. The molecule has 4 aromatic rings. The molecule has 1 N–H and O–H groups in total. The highest BCUT2D eigenvalue weighted by Gasteiger charge is 2.36. The number of phosphoric ester groups is 1. The number of anilines is 1. The lowest BCUT2D eigenvalue weighted by atomic mass is 10.2. The van der Waals surface area contributed by atoms with Gasteiger partial charge in [0.15, 0.2) is 6.23 Å². The van der Waals surface area contributed by atoms with Gasteiger partial charge in [0, 0.05) is 11.4 Å². The van der Waals surface area contributed by atoms with E-state index >= 15 is 0 Å². The van der Waals surface area contributed by atoms with Gasteiger partial charge in [-0.25, -0.2) is 9.09 Å². The van der Waals surface area contributed by atoms with Crippen LogP contribution in [0.4, 0.5) is 5.69 Å². The topological polar surface area (TPSA) is 69.7 Å². The minimum atomic E-state index is -4.14. The summed E-state index contributed by atoms with van der Waals surface area (Å²) >= 11 is 0. The van der Waals surface area contributed by atoms with Crippen LogP contribution in [0.3, 0.4) is 0 Å². The Hall–Kier alpha value is -3.60. The van der Waals surface area contributed by atoms with Gasteiger partial charge in [-0.2, -0.15) is 0 Å². The Balaban J connectivity index is 1.68. The number of nitrogens with zero attached hydrogens (tertiary/aromatic N) is 1. The summed E-state index contributed by atoms with van der Waals surface area (Å²) < 4.78 is 31.4. The first-order chi connectivity index (χ1) is 15.6. The molecule has 0 aliphatic carbocycles. The van der Waals surface area contributed by atoms with Crippen LogP contribution in [0.1, 0.15) is 17.6 Å². The van der Waals surface area contributed by atoms with Gasteiger partial charge in [-0.05, 0) is 55.5 Å². The maximum atomic E-state index is 13.9. The minimum absolute atomic E-state index is 0.363. The average molecular weight is 446 g/mol. The Morgan fingerprint density at radius 2 is 1.25 bits per heavy atom. The molecule has 0 amide bonds. The van der Waals surface area contributed by atoms with Crippen LogP contribution in [-0.2, 0) is 9.09 Å². The third kappa shape index (κ3) is 5.97. The molecule has 1 heterocycles. The molecule has 4 rings (SSSR count). The molecular formula is C25H23N2O4P. The number of aryl methyl sites for hydroxylation is 1. The molecule has 7 heteroatoms. The fourth-order valence-corrected chi connectivity index (χ4v) is 4.26. The van der Waals surface area contributed by atoms with Gasteiger partial charge in [0.2, 0.25) is 0 Å². The Bertz CT molecular complexity index is 1130. The number of hydrogen-bond donors (Lipinski definition) is 1. The minimum Gasteiger partial charge on any atom is -0.395 e. The van der Waals surface area contributed by atoms with E-state index in [0.717, 1.165) is 11.4 Å². The first-order valence-electron chi connectivity index (χ1n) is 10.1. The predicted octanol–water partition coefficient (Wildman–Crippen LogP) is 6.78. The summed E-state index contributed by atoms with van der Waals surface area (Å²) in [5, 5.41) is 3.23. The second kappa shape index (κ2) is 10.1. The van der Waals surface area contributed by atoms with Crippen LogP contribution in [-0.4, -0.2) is 4.98 Å². The lowest BCUT2D eigenvalue weighted by Crippen LogP contribution is -2.18. The molecule has 0 aliphatic rings. The zero-order chi connectivity index (χ0) is 22.2. The SMILES string of the molecule is Cc1cccc(C(Nc2ccccc2)OP(=O)(Oc2ccccc2)Oc2ccccc2)n1. The quantitative estimate of drug-likeness (QED) is 0.226. The first-order valence-corrected chi connectivity index (χ1v) is 11.6. The normalized spacial score (nSPS) is 12.0. The van der Waals surface area contributed by atoms with Gasteiger partial charge in [0.05, 0.1) is 5.69 Å². The van der Waals surface area contributed by atoms with E-state index in [0.29, 0.717) is 17.2 Å². The summed E-state index contributed by atoms with van der Waals surface area (Å²) in [7, 11) is -4.14. The second-order valence-electron chi connectivity index (χ2n) is 6.96. The van der Waals surface area contributed by atoms with Crippen molar-refractivity contribution < 1.29 is 18.1 Å². The third-order valence-electron chi connectivity index (χ3n) is 4.41. The number of nitrogens with one attached hydrogen (secondary N) is 1. The number of benzene rings is 3. The van der Waals surface area contributed by atoms with E-state index in [2.05, 4.69) is 10.3 Å². The molecular weight excluding hydrogens is 423 g/mol. The van der Waals surface area contributed by atoms with Gasteiger partial charge in [0.1, 0.15) is 11.5 Å². The molecule has 32 heavy (non-hydrogen) atoms. The zero-order valence-corrected chi connectivity index (χ0v) is 18.4. The number of hydrogen-bond acceptors (Lipinski definition) is 6. The second-order valence-corrected chi connectivity index (χ2v) is 8.43. The number of rotatable bonds is 9. The first kappa shape index (κ1) is 21.6. The fourth-order valence-electron chi connectivity index (χ4n) is 2.96. The van der Waals surface area contributed by atoms with E-state index < -0.39 is 14.1 Å². The van der Waals surface area contributed by atoms with Crippen molar-refractivity contribution in [3.8, 4) is 11.5 Å².